The van der Waals surface area contributed by atoms with Crippen LogP contribution in [0.1, 0.15) is 17.3 Å². The fourth-order valence-corrected chi connectivity index (χ4v) is 2.51. The van der Waals surface area contributed by atoms with Crippen molar-refractivity contribution < 1.29 is 32.9 Å². The monoisotopic (exact) mass is 411 g/mol. The van der Waals surface area contributed by atoms with E-state index in [-0.39, 0.29) is 22.0 Å². The third-order valence-electron chi connectivity index (χ3n) is 3.77. The van der Waals surface area contributed by atoms with Crippen molar-refractivity contribution in [2.45, 2.75) is 13.0 Å². The Labute approximate surface area is 166 Å². The number of benzene rings is 2. The van der Waals surface area contributed by atoms with Gasteiger partial charge in [0.25, 0.3) is 5.91 Å². The molecule has 2 aromatic carbocycles. The van der Waals surface area contributed by atoms with Crippen LogP contribution in [0, 0.1) is 5.82 Å². The van der Waals surface area contributed by atoms with Crippen molar-refractivity contribution in [1.29, 1.82) is 0 Å². The number of hydrogen-bond donors (Lipinski definition) is 1. The minimum Gasteiger partial charge on any atom is -0.496 e. The van der Waals surface area contributed by atoms with Crippen LogP contribution in [0.25, 0.3) is 0 Å². The van der Waals surface area contributed by atoms with E-state index in [1.807, 2.05) is 0 Å². The van der Waals surface area contributed by atoms with E-state index in [2.05, 4.69) is 5.32 Å². The van der Waals surface area contributed by atoms with Gasteiger partial charge in [-0.3, -0.25) is 4.79 Å². The molecule has 0 aliphatic heterocycles. The molecule has 0 heterocycles. The third kappa shape index (κ3) is 4.83. The summed E-state index contributed by atoms with van der Waals surface area (Å²) in [5.41, 5.74) is 0.249. The van der Waals surface area contributed by atoms with Gasteiger partial charge in [-0.2, -0.15) is 0 Å². The summed E-state index contributed by atoms with van der Waals surface area (Å²) in [4.78, 5) is 24.8. The second kappa shape index (κ2) is 9.27. The van der Waals surface area contributed by atoms with Gasteiger partial charge in [-0.15, -0.1) is 0 Å². The SMILES string of the molecule is COc1cc(OC)c(C(=O)O[C@H](C)C(=O)Nc2ccc(F)cc2Cl)cc1OC. The Bertz CT molecular complexity index is 889. The van der Waals surface area contributed by atoms with Crippen molar-refractivity contribution in [1.82, 2.24) is 0 Å². The summed E-state index contributed by atoms with van der Waals surface area (Å²) in [6, 6.07) is 6.37. The van der Waals surface area contributed by atoms with Crippen LogP contribution in [0.3, 0.4) is 0 Å². The zero-order valence-electron chi connectivity index (χ0n) is 15.7. The highest BCUT2D eigenvalue weighted by molar-refractivity contribution is 6.33. The van der Waals surface area contributed by atoms with Gasteiger partial charge in [0, 0.05) is 12.1 Å². The number of carbonyl (C=O) groups is 2. The first kappa shape index (κ1) is 21.3. The van der Waals surface area contributed by atoms with Crippen molar-refractivity contribution in [3.05, 3.63) is 46.7 Å². The smallest absolute Gasteiger partial charge is 0.342 e. The Morgan fingerprint density at radius 1 is 1.00 bits per heavy atom. The Hall–Kier alpha value is -3.00. The van der Waals surface area contributed by atoms with Gasteiger partial charge in [-0.1, -0.05) is 11.6 Å². The highest BCUT2D eigenvalue weighted by Crippen LogP contribution is 2.35. The minimum atomic E-state index is -1.16. The van der Waals surface area contributed by atoms with Crippen molar-refractivity contribution >= 4 is 29.2 Å². The van der Waals surface area contributed by atoms with Gasteiger partial charge >= 0.3 is 5.97 Å². The molecule has 0 aromatic heterocycles. The first-order valence-electron chi connectivity index (χ1n) is 8.07. The molecule has 0 aliphatic carbocycles. The zero-order valence-corrected chi connectivity index (χ0v) is 16.4. The Balaban J connectivity index is 2.16. The summed E-state index contributed by atoms with van der Waals surface area (Å²) in [6.07, 6.45) is -1.16. The van der Waals surface area contributed by atoms with E-state index in [1.165, 1.54) is 46.5 Å². The number of hydrogen-bond acceptors (Lipinski definition) is 6. The molecule has 0 saturated carbocycles. The number of amides is 1. The molecule has 0 radical (unpaired) electrons. The van der Waals surface area contributed by atoms with Gasteiger partial charge in [-0.05, 0) is 25.1 Å². The molecule has 0 spiro atoms. The van der Waals surface area contributed by atoms with Gasteiger partial charge in [0.2, 0.25) is 0 Å². The predicted octanol–water partition coefficient (Wildman–Crippen LogP) is 3.69. The van der Waals surface area contributed by atoms with E-state index < -0.39 is 23.8 Å². The van der Waals surface area contributed by atoms with Crippen LogP contribution in [0.2, 0.25) is 5.02 Å². The predicted molar refractivity (Wildman–Crippen MR) is 101 cm³/mol. The molecule has 0 unspecified atom stereocenters. The fourth-order valence-electron chi connectivity index (χ4n) is 2.29. The number of esters is 1. The molecule has 150 valence electrons. The summed E-state index contributed by atoms with van der Waals surface area (Å²) >= 11 is 5.88. The van der Waals surface area contributed by atoms with Crippen LogP contribution in [-0.4, -0.2) is 39.3 Å². The van der Waals surface area contributed by atoms with Gasteiger partial charge in [0.1, 0.15) is 17.1 Å². The van der Waals surface area contributed by atoms with E-state index >= 15 is 0 Å². The maximum atomic E-state index is 13.1. The Kier molecular flexibility index (Phi) is 7.06. The van der Waals surface area contributed by atoms with E-state index in [9.17, 15) is 14.0 Å². The molecule has 0 fully saturated rings. The number of rotatable bonds is 7. The van der Waals surface area contributed by atoms with E-state index in [0.717, 1.165) is 12.1 Å². The summed E-state index contributed by atoms with van der Waals surface area (Å²) in [7, 11) is 4.24. The normalized spacial score (nSPS) is 11.4. The molecule has 0 aliphatic rings. The summed E-state index contributed by atoms with van der Waals surface area (Å²) < 4.78 is 33.8. The molecule has 7 nitrogen and oxygen atoms in total. The molecule has 28 heavy (non-hydrogen) atoms. The third-order valence-corrected chi connectivity index (χ3v) is 4.08. The standard InChI is InChI=1S/C19H19ClFNO6/c1-10(18(23)22-14-6-5-11(21)7-13(14)20)28-19(24)12-8-16(26-3)17(27-4)9-15(12)25-2/h5-10H,1-4H3,(H,22,23)/t10-/m1/s1. The average Bonchev–Trinajstić information content (AvgIpc) is 2.68. The van der Waals surface area contributed by atoms with Crippen molar-refractivity contribution in [2.24, 2.45) is 0 Å². The zero-order chi connectivity index (χ0) is 20.8. The molecule has 1 atom stereocenters. The molecule has 0 bridgehead atoms. The summed E-state index contributed by atoms with van der Waals surface area (Å²) in [5.74, 6) is -1.12. The molecular weight excluding hydrogens is 393 g/mol. The maximum Gasteiger partial charge on any atom is 0.342 e. The van der Waals surface area contributed by atoms with Crippen LogP contribution in [0.4, 0.5) is 10.1 Å². The maximum absolute atomic E-state index is 13.1. The second-order valence-electron chi connectivity index (χ2n) is 5.57. The molecule has 1 amide bonds. The summed E-state index contributed by atoms with van der Waals surface area (Å²) in [5, 5.41) is 2.49. The van der Waals surface area contributed by atoms with Crippen molar-refractivity contribution in [3.63, 3.8) is 0 Å². The van der Waals surface area contributed by atoms with Gasteiger partial charge in [0.15, 0.2) is 17.6 Å². The molecule has 1 N–H and O–H groups in total. The van der Waals surface area contributed by atoms with E-state index in [0.29, 0.717) is 11.5 Å². The Morgan fingerprint density at radius 3 is 2.18 bits per heavy atom. The highest BCUT2D eigenvalue weighted by atomic mass is 35.5. The minimum absolute atomic E-state index is 0.0217. The summed E-state index contributed by atoms with van der Waals surface area (Å²) in [6.45, 7) is 1.39. The number of anilines is 1. The topological polar surface area (TPSA) is 83.1 Å². The lowest BCUT2D eigenvalue weighted by Gasteiger charge is -2.17. The Morgan fingerprint density at radius 2 is 1.61 bits per heavy atom. The van der Waals surface area contributed by atoms with Crippen molar-refractivity contribution in [2.75, 3.05) is 26.6 Å². The molecular formula is C19H19ClFNO6. The van der Waals surface area contributed by atoms with Crippen molar-refractivity contribution in [3.8, 4) is 17.2 Å². The van der Waals surface area contributed by atoms with E-state index in [1.54, 1.807) is 0 Å². The van der Waals surface area contributed by atoms with Crippen LogP contribution in [-0.2, 0) is 9.53 Å². The second-order valence-corrected chi connectivity index (χ2v) is 5.98. The molecule has 2 aromatic rings. The lowest BCUT2D eigenvalue weighted by Crippen LogP contribution is -2.30. The average molecular weight is 412 g/mol. The van der Waals surface area contributed by atoms with Crippen LogP contribution >= 0.6 is 11.6 Å². The van der Waals surface area contributed by atoms with Crippen LogP contribution in [0.15, 0.2) is 30.3 Å². The molecule has 0 saturated heterocycles. The lowest BCUT2D eigenvalue weighted by molar-refractivity contribution is -0.123. The van der Waals surface area contributed by atoms with Crippen LogP contribution < -0.4 is 19.5 Å². The van der Waals surface area contributed by atoms with Gasteiger partial charge < -0.3 is 24.3 Å². The first-order chi connectivity index (χ1) is 13.3. The number of carbonyl (C=O) groups excluding carboxylic acids is 2. The lowest BCUT2D eigenvalue weighted by atomic mass is 10.1. The number of ether oxygens (including phenoxy) is 4. The van der Waals surface area contributed by atoms with E-state index in [4.69, 9.17) is 30.5 Å². The molecule has 2 rings (SSSR count). The number of nitrogens with one attached hydrogen (secondary N) is 1. The first-order valence-corrected chi connectivity index (χ1v) is 8.45. The number of methoxy groups -OCH3 is 3. The quantitative estimate of drug-likeness (QED) is 0.700. The molecule has 9 heteroatoms. The van der Waals surface area contributed by atoms with Gasteiger partial charge in [-0.25, -0.2) is 9.18 Å². The van der Waals surface area contributed by atoms with Gasteiger partial charge in [0.05, 0.1) is 32.0 Å². The number of halogens is 2. The fraction of sp³-hybridized carbons (Fsp3) is 0.263. The largest absolute Gasteiger partial charge is 0.496 e. The van der Waals surface area contributed by atoms with Crippen LogP contribution in [0.5, 0.6) is 17.2 Å². The highest BCUT2D eigenvalue weighted by Gasteiger charge is 2.24.